The summed E-state index contributed by atoms with van der Waals surface area (Å²) in [7, 11) is 5.71. The average Bonchev–Trinajstić information content (AvgIpc) is 3.20. The van der Waals surface area contributed by atoms with Crippen LogP contribution in [-0.4, -0.2) is 50.1 Å². The minimum atomic E-state index is 0.128. The van der Waals surface area contributed by atoms with Crippen LogP contribution in [0.2, 0.25) is 0 Å². The van der Waals surface area contributed by atoms with Crippen LogP contribution >= 0.6 is 11.3 Å². The molecule has 158 valence electrons. The van der Waals surface area contributed by atoms with Gasteiger partial charge in [0.05, 0.1) is 7.11 Å². The molecule has 0 saturated carbocycles. The molecule has 0 spiro atoms. The highest BCUT2D eigenvalue weighted by Crippen LogP contribution is 2.26. The van der Waals surface area contributed by atoms with Crippen molar-refractivity contribution in [3.05, 3.63) is 40.9 Å². The van der Waals surface area contributed by atoms with Crippen LogP contribution in [0, 0.1) is 5.92 Å². The van der Waals surface area contributed by atoms with E-state index in [-0.39, 0.29) is 5.91 Å². The molecule has 1 aromatic carbocycles. The fraction of sp³-hybridized carbons (Fsp3) is 0.545. The number of piperidine rings is 1. The summed E-state index contributed by atoms with van der Waals surface area (Å²) in [5, 5.41) is 4.09. The lowest BCUT2D eigenvalue weighted by Gasteiger charge is -2.32. The van der Waals surface area contributed by atoms with Gasteiger partial charge < -0.3 is 15.0 Å². The van der Waals surface area contributed by atoms with Crippen molar-refractivity contribution in [2.24, 2.45) is 5.92 Å². The first-order valence-electron chi connectivity index (χ1n) is 10.3. The topological polar surface area (TPSA) is 57.7 Å². The minimum Gasteiger partial charge on any atom is -0.497 e. The SMILES string of the molecule is COc1cccc(CNC(=O)CCC2CCCN(Cc3cnc(N(C)C)s3)C2)c1. The molecule has 2 aromatic rings. The zero-order chi connectivity index (χ0) is 20.6. The standard InChI is InChI=1S/C22H32N4O2S/c1-25(2)22-24-14-20(29-22)16-26-11-5-7-17(15-26)9-10-21(27)23-13-18-6-4-8-19(12-18)28-3/h4,6,8,12,14,17H,5,7,9-11,13,15-16H2,1-3H3,(H,23,27). The number of hydrogen-bond acceptors (Lipinski definition) is 6. The summed E-state index contributed by atoms with van der Waals surface area (Å²) >= 11 is 1.76. The van der Waals surface area contributed by atoms with Gasteiger partial charge in [-0.25, -0.2) is 4.98 Å². The summed E-state index contributed by atoms with van der Waals surface area (Å²) in [5.41, 5.74) is 1.06. The van der Waals surface area contributed by atoms with Gasteiger partial charge in [-0.15, -0.1) is 11.3 Å². The summed E-state index contributed by atoms with van der Waals surface area (Å²) in [6.07, 6.45) is 5.95. The highest BCUT2D eigenvalue weighted by Gasteiger charge is 2.21. The van der Waals surface area contributed by atoms with Crippen LogP contribution in [0.1, 0.15) is 36.1 Å². The van der Waals surface area contributed by atoms with Crippen molar-refractivity contribution in [1.29, 1.82) is 0 Å². The van der Waals surface area contributed by atoms with Gasteiger partial charge in [0, 0.05) is 51.2 Å². The zero-order valence-corrected chi connectivity index (χ0v) is 18.5. The van der Waals surface area contributed by atoms with E-state index in [1.165, 1.54) is 17.7 Å². The van der Waals surface area contributed by atoms with Crippen LogP contribution < -0.4 is 15.0 Å². The highest BCUT2D eigenvalue weighted by molar-refractivity contribution is 7.15. The predicted octanol–water partition coefficient (Wildman–Crippen LogP) is 3.53. The van der Waals surface area contributed by atoms with Crippen molar-refractivity contribution < 1.29 is 9.53 Å². The third kappa shape index (κ3) is 6.72. The molecule has 1 fully saturated rings. The third-order valence-corrected chi connectivity index (χ3v) is 6.46. The number of thiazole rings is 1. The Hall–Kier alpha value is -2.12. The van der Waals surface area contributed by atoms with Gasteiger partial charge >= 0.3 is 0 Å². The molecule has 6 nitrogen and oxygen atoms in total. The smallest absolute Gasteiger partial charge is 0.220 e. The van der Waals surface area contributed by atoms with Crippen molar-refractivity contribution in [3.63, 3.8) is 0 Å². The first-order chi connectivity index (χ1) is 14.0. The highest BCUT2D eigenvalue weighted by atomic mass is 32.1. The summed E-state index contributed by atoms with van der Waals surface area (Å²) in [4.78, 5) is 22.6. The summed E-state index contributed by atoms with van der Waals surface area (Å²) < 4.78 is 5.23. The van der Waals surface area contributed by atoms with Gasteiger partial charge in [0.2, 0.25) is 5.91 Å². The van der Waals surface area contributed by atoms with Crippen molar-refractivity contribution in [2.75, 3.05) is 39.2 Å². The van der Waals surface area contributed by atoms with E-state index in [0.717, 1.165) is 42.5 Å². The molecule has 2 heterocycles. The van der Waals surface area contributed by atoms with Crippen molar-refractivity contribution in [2.45, 2.75) is 38.8 Å². The van der Waals surface area contributed by atoms with E-state index >= 15 is 0 Å². The number of amides is 1. The molecule has 0 bridgehead atoms. The first-order valence-corrected chi connectivity index (χ1v) is 11.1. The number of carbonyl (C=O) groups excluding carboxylic acids is 1. The fourth-order valence-electron chi connectivity index (χ4n) is 3.73. The van der Waals surface area contributed by atoms with Gasteiger partial charge in [-0.2, -0.15) is 0 Å². The molecule has 0 radical (unpaired) electrons. The zero-order valence-electron chi connectivity index (χ0n) is 17.7. The van der Waals surface area contributed by atoms with Gasteiger partial charge in [0.25, 0.3) is 0 Å². The van der Waals surface area contributed by atoms with E-state index < -0.39 is 0 Å². The number of anilines is 1. The number of aromatic nitrogens is 1. The van der Waals surface area contributed by atoms with Gasteiger partial charge in [-0.05, 0) is 49.4 Å². The Balaban J connectivity index is 1.39. The van der Waals surface area contributed by atoms with E-state index in [9.17, 15) is 4.79 Å². The second kappa shape index (κ2) is 10.6. The van der Waals surface area contributed by atoms with Crippen LogP contribution in [0.15, 0.2) is 30.5 Å². The summed E-state index contributed by atoms with van der Waals surface area (Å²) in [5.74, 6) is 1.54. The molecule has 7 heteroatoms. The number of ether oxygens (including phenoxy) is 1. The minimum absolute atomic E-state index is 0.128. The molecule has 1 aliphatic heterocycles. The number of methoxy groups -OCH3 is 1. The maximum absolute atomic E-state index is 12.3. The van der Waals surface area contributed by atoms with Gasteiger partial charge in [-0.3, -0.25) is 9.69 Å². The molecule has 1 amide bonds. The Morgan fingerprint density at radius 3 is 3.03 bits per heavy atom. The van der Waals surface area contributed by atoms with Crippen LogP contribution in [0.3, 0.4) is 0 Å². The van der Waals surface area contributed by atoms with Crippen LogP contribution in [0.5, 0.6) is 5.75 Å². The largest absolute Gasteiger partial charge is 0.497 e. The molecule has 29 heavy (non-hydrogen) atoms. The lowest BCUT2D eigenvalue weighted by molar-refractivity contribution is -0.121. The van der Waals surface area contributed by atoms with Gasteiger partial charge in [0.1, 0.15) is 5.75 Å². The monoisotopic (exact) mass is 416 g/mol. The number of carbonyl (C=O) groups is 1. The molecule has 1 atom stereocenters. The van der Waals surface area contributed by atoms with E-state index in [0.29, 0.717) is 18.9 Å². The van der Waals surface area contributed by atoms with Crippen LogP contribution in [-0.2, 0) is 17.9 Å². The molecule has 0 aliphatic carbocycles. The predicted molar refractivity (Wildman–Crippen MR) is 119 cm³/mol. The molecule has 1 aromatic heterocycles. The lowest BCUT2D eigenvalue weighted by Crippen LogP contribution is -2.35. The lowest BCUT2D eigenvalue weighted by atomic mass is 9.93. The average molecular weight is 417 g/mol. The fourth-order valence-corrected chi connectivity index (χ4v) is 4.61. The summed E-state index contributed by atoms with van der Waals surface area (Å²) in [6, 6.07) is 7.82. The van der Waals surface area contributed by atoms with E-state index in [1.807, 2.05) is 44.6 Å². The maximum atomic E-state index is 12.3. The van der Waals surface area contributed by atoms with Crippen molar-refractivity contribution in [3.8, 4) is 5.75 Å². The normalized spacial score (nSPS) is 17.1. The number of benzene rings is 1. The Morgan fingerprint density at radius 2 is 2.28 bits per heavy atom. The molecule has 1 unspecified atom stereocenters. The second-order valence-electron chi connectivity index (χ2n) is 7.91. The van der Waals surface area contributed by atoms with Gasteiger partial charge in [0.15, 0.2) is 5.13 Å². The molecule has 3 rings (SSSR count). The van der Waals surface area contributed by atoms with Crippen molar-refractivity contribution >= 4 is 22.4 Å². The Kier molecular flexibility index (Phi) is 7.89. The van der Waals surface area contributed by atoms with E-state index in [2.05, 4.69) is 20.1 Å². The molecule has 1 aliphatic rings. The number of nitrogens with one attached hydrogen (secondary N) is 1. The molecule has 1 saturated heterocycles. The third-order valence-electron chi connectivity index (χ3n) is 5.31. The Labute approximate surface area is 177 Å². The quantitative estimate of drug-likeness (QED) is 0.678. The molecular formula is C22H32N4O2S. The second-order valence-corrected chi connectivity index (χ2v) is 9.01. The van der Waals surface area contributed by atoms with Gasteiger partial charge in [-0.1, -0.05) is 12.1 Å². The number of nitrogens with zero attached hydrogens (tertiary/aromatic N) is 3. The number of rotatable bonds is 9. The summed E-state index contributed by atoms with van der Waals surface area (Å²) in [6.45, 7) is 3.71. The first kappa shape index (κ1) is 21.6. The molecular weight excluding hydrogens is 384 g/mol. The van der Waals surface area contributed by atoms with Crippen LogP contribution in [0.25, 0.3) is 0 Å². The number of hydrogen-bond donors (Lipinski definition) is 1. The van der Waals surface area contributed by atoms with Crippen LogP contribution in [0.4, 0.5) is 5.13 Å². The maximum Gasteiger partial charge on any atom is 0.220 e. The van der Waals surface area contributed by atoms with Crippen molar-refractivity contribution in [1.82, 2.24) is 15.2 Å². The Morgan fingerprint density at radius 1 is 1.41 bits per heavy atom. The van der Waals surface area contributed by atoms with E-state index in [4.69, 9.17) is 4.74 Å². The molecule has 1 N–H and O–H groups in total. The Bertz CT molecular complexity index is 793. The van der Waals surface area contributed by atoms with E-state index in [1.54, 1.807) is 18.4 Å². The number of likely N-dealkylation sites (tertiary alicyclic amines) is 1.